The number of nitrogens with one attached hydrogen (secondary N) is 1. The lowest BCUT2D eigenvalue weighted by Gasteiger charge is -2.15. The molecule has 0 radical (unpaired) electrons. The molecule has 0 saturated carbocycles. The van der Waals surface area contributed by atoms with Gasteiger partial charge in [0, 0.05) is 24.3 Å². The van der Waals surface area contributed by atoms with Crippen LogP contribution in [0.25, 0.3) is 0 Å². The number of hydrogen-bond acceptors (Lipinski definition) is 3. The summed E-state index contributed by atoms with van der Waals surface area (Å²) in [4.78, 5) is 26.0. The van der Waals surface area contributed by atoms with E-state index in [0.29, 0.717) is 13.0 Å². The van der Waals surface area contributed by atoms with Crippen LogP contribution < -0.4 is 15.0 Å². The molecule has 0 spiro atoms. The van der Waals surface area contributed by atoms with Crippen molar-refractivity contribution in [3.63, 3.8) is 0 Å². The number of carbonyl (C=O) groups is 2. The number of nitrogens with zero attached hydrogens (tertiary/aromatic N) is 1. The van der Waals surface area contributed by atoms with Crippen molar-refractivity contribution < 1.29 is 14.3 Å². The van der Waals surface area contributed by atoms with Crippen molar-refractivity contribution in [2.75, 3.05) is 16.8 Å². The van der Waals surface area contributed by atoms with Gasteiger partial charge >= 0.3 is 0 Å². The molecule has 1 heterocycles. The lowest BCUT2D eigenvalue weighted by Crippen LogP contribution is -2.23. The van der Waals surface area contributed by atoms with Gasteiger partial charge in [-0.2, -0.15) is 0 Å². The molecule has 0 aromatic heterocycles. The van der Waals surface area contributed by atoms with Gasteiger partial charge in [0.05, 0.1) is 6.42 Å². The molecule has 1 saturated heterocycles. The van der Waals surface area contributed by atoms with Gasteiger partial charge in [-0.3, -0.25) is 9.59 Å². The smallest absolute Gasteiger partial charge is 0.228 e. The molecule has 4 rings (SSSR count). The van der Waals surface area contributed by atoms with E-state index in [0.717, 1.165) is 41.2 Å². The average Bonchev–Trinajstić information content (AvgIpc) is 3.20. The van der Waals surface area contributed by atoms with Gasteiger partial charge in [-0.15, -0.1) is 0 Å². The van der Waals surface area contributed by atoms with Gasteiger partial charge in [-0.1, -0.05) is 42.5 Å². The molecule has 152 valence electrons. The van der Waals surface area contributed by atoms with E-state index in [1.807, 2.05) is 78.9 Å². The summed E-state index contributed by atoms with van der Waals surface area (Å²) in [6.45, 7) is 1.27. The summed E-state index contributed by atoms with van der Waals surface area (Å²) in [5, 5.41) is 2.91. The van der Waals surface area contributed by atoms with E-state index >= 15 is 0 Å². The molecule has 30 heavy (non-hydrogen) atoms. The van der Waals surface area contributed by atoms with E-state index in [-0.39, 0.29) is 18.2 Å². The Labute approximate surface area is 176 Å². The highest BCUT2D eigenvalue weighted by Crippen LogP contribution is 2.22. The van der Waals surface area contributed by atoms with Crippen LogP contribution >= 0.6 is 0 Å². The van der Waals surface area contributed by atoms with E-state index in [4.69, 9.17) is 4.74 Å². The fourth-order valence-electron chi connectivity index (χ4n) is 3.48. The van der Waals surface area contributed by atoms with Gasteiger partial charge in [-0.25, -0.2) is 0 Å². The second-order valence-corrected chi connectivity index (χ2v) is 7.34. The maximum atomic E-state index is 12.4. The van der Waals surface area contributed by atoms with E-state index in [9.17, 15) is 9.59 Å². The number of carbonyl (C=O) groups excluding carboxylic acids is 2. The van der Waals surface area contributed by atoms with Gasteiger partial charge in [-0.05, 0) is 53.9 Å². The number of anilines is 2. The fourth-order valence-corrected chi connectivity index (χ4v) is 3.48. The van der Waals surface area contributed by atoms with Crippen LogP contribution in [0.5, 0.6) is 5.75 Å². The van der Waals surface area contributed by atoms with E-state index < -0.39 is 0 Å². The first-order chi connectivity index (χ1) is 14.7. The van der Waals surface area contributed by atoms with Crippen LogP contribution in [0, 0.1) is 0 Å². The SMILES string of the molecule is O=C(Cc1ccc(N2CCCC2=O)cc1)Nc1ccc(OCc2ccccc2)cc1. The van der Waals surface area contributed by atoms with E-state index in [1.165, 1.54) is 0 Å². The van der Waals surface area contributed by atoms with Crippen LogP contribution in [-0.2, 0) is 22.6 Å². The van der Waals surface area contributed by atoms with Crippen LogP contribution in [0.3, 0.4) is 0 Å². The van der Waals surface area contributed by atoms with Crippen molar-refractivity contribution in [3.8, 4) is 5.75 Å². The van der Waals surface area contributed by atoms with Gasteiger partial charge in [0.25, 0.3) is 0 Å². The largest absolute Gasteiger partial charge is 0.489 e. The first kappa shape index (κ1) is 19.7. The molecular weight excluding hydrogens is 376 g/mol. The molecule has 2 amide bonds. The maximum Gasteiger partial charge on any atom is 0.228 e. The molecule has 5 heteroatoms. The minimum absolute atomic E-state index is 0.0852. The van der Waals surface area contributed by atoms with Gasteiger partial charge in [0.2, 0.25) is 11.8 Å². The molecule has 5 nitrogen and oxygen atoms in total. The van der Waals surface area contributed by atoms with Crippen LogP contribution in [0.2, 0.25) is 0 Å². The normalized spacial score (nSPS) is 13.3. The van der Waals surface area contributed by atoms with Crippen LogP contribution in [0.4, 0.5) is 11.4 Å². The second kappa shape index (κ2) is 9.27. The number of benzene rings is 3. The zero-order chi connectivity index (χ0) is 20.8. The molecule has 1 aliphatic rings. The van der Waals surface area contributed by atoms with Crippen LogP contribution in [0.1, 0.15) is 24.0 Å². The molecule has 1 fully saturated rings. The highest BCUT2D eigenvalue weighted by Gasteiger charge is 2.21. The quantitative estimate of drug-likeness (QED) is 0.632. The monoisotopic (exact) mass is 400 g/mol. The van der Waals surface area contributed by atoms with Crippen LogP contribution in [0.15, 0.2) is 78.9 Å². The standard InChI is InChI=1S/C25H24N2O3/c28-24(17-19-8-12-22(13-9-19)27-16-4-7-25(27)29)26-21-10-14-23(15-11-21)30-18-20-5-2-1-3-6-20/h1-3,5-6,8-15H,4,7,16-18H2,(H,26,28). The maximum absolute atomic E-state index is 12.4. The number of hydrogen-bond donors (Lipinski definition) is 1. The van der Waals surface area contributed by atoms with Crippen molar-refractivity contribution in [2.45, 2.75) is 25.9 Å². The third kappa shape index (κ3) is 5.06. The molecular formula is C25H24N2O3. The number of ether oxygens (including phenoxy) is 1. The summed E-state index contributed by atoms with van der Waals surface area (Å²) in [5.41, 5.74) is 3.64. The van der Waals surface area contributed by atoms with Crippen molar-refractivity contribution >= 4 is 23.2 Å². The van der Waals surface area contributed by atoms with Crippen molar-refractivity contribution in [1.29, 1.82) is 0 Å². The van der Waals surface area contributed by atoms with E-state index in [2.05, 4.69) is 5.32 Å². The Morgan fingerprint density at radius 1 is 0.900 bits per heavy atom. The summed E-state index contributed by atoms with van der Waals surface area (Å²) >= 11 is 0. The Hall–Kier alpha value is -3.60. The zero-order valence-corrected chi connectivity index (χ0v) is 16.7. The predicted molar refractivity (Wildman–Crippen MR) is 118 cm³/mol. The van der Waals surface area contributed by atoms with E-state index in [1.54, 1.807) is 4.90 Å². The predicted octanol–water partition coefficient (Wildman–Crippen LogP) is 4.57. The Morgan fingerprint density at radius 2 is 1.63 bits per heavy atom. The third-order valence-electron chi connectivity index (χ3n) is 5.07. The summed E-state index contributed by atoms with van der Waals surface area (Å²) in [5.74, 6) is 0.832. The van der Waals surface area contributed by atoms with Crippen molar-refractivity contribution in [1.82, 2.24) is 0 Å². The zero-order valence-electron chi connectivity index (χ0n) is 16.7. The number of rotatable bonds is 7. The minimum Gasteiger partial charge on any atom is -0.489 e. The average molecular weight is 400 g/mol. The molecule has 0 bridgehead atoms. The topological polar surface area (TPSA) is 58.6 Å². The highest BCUT2D eigenvalue weighted by atomic mass is 16.5. The Kier molecular flexibility index (Phi) is 6.09. The molecule has 0 aliphatic carbocycles. The highest BCUT2D eigenvalue weighted by molar-refractivity contribution is 5.95. The third-order valence-corrected chi connectivity index (χ3v) is 5.07. The molecule has 1 N–H and O–H groups in total. The summed E-state index contributed by atoms with van der Waals surface area (Å²) in [7, 11) is 0. The first-order valence-corrected chi connectivity index (χ1v) is 10.1. The second-order valence-electron chi connectivity index (χ2n) is 7.34. The summed E-state index contributed by atoms with van der Waals surface area (Å²) in [6, 6.07) is 25.0. The first-order valence-electron chi connectivity index (χ1n) is 10.1. The fraction of sp³-hybridized carbons (Fsp3) is 0.200. The molecule has 3 aromatic carbocycles. The van der Waals surface area contributed by atoms with Gasteiger partial charge in [0.1, 0.15) is 12.4 Å². The molecule has 0 unspecified atom stereocenters. The van der Waals surface area contributed by atoms with Crippen LogP contribution in [-0.4, -0.2) is 18.4 Å². The Balaban J connectivity index is 1.28. The number of amides is 2. The molecule has 0 atom stereocenters. The molecule has 1 aliphatic heterocycles. The Morgan fingerprint density at radius 3 is 2.30 bits per heavy atom. The minimum atomic E-state index is -0.0852. The Bertz CT molecular complexity index is 999. The summed E-state index contributed by atoms with van der Waals surface area (Å²) < 4.78 is 5.77. The van der Waals surface area contributed by atoms with Crippen molar-refractivity contribution in [3.05, 3.63) is 90.0 Å². The summed E-state index contributed by atoms with van der Waals surface area (Å²) in [6.07, 6.45) is 1.79. The van der Waals surface area contributed by atoms with Crippen molar-refractivity contribution in [2.24, 2.45) is 0 Å². The van der Waals surface area contributed by atoms with Gasteiger partial charge in [0.15, 0.2) is 0 Å². The lowest BCUT2D eigenvalue weighted by atomic mass is 10.1. The van der Waals surface area contributed by atoms with Gasteiger partial charge < -0.3 is 15.0 Å². The molecule has 3 aromatic rings. The lowest BCUT2D eigenvalue weighted by molar-refractivity contribution is -0.117.